The molecule has 0 radical (unpaired) electrons. The van der Waals surface area contributed by atoms with E-state index >= 15 is 0 Å². The van der Waals surface area contributed by atoms with Gasteiger partial charge in [0.1, 0.15) is 0 Å². The van der Waals surface area contributed by atoms with Crippen LogP contribution in [0.1, 0.15) is 58.3 Å². The molecule has 0 aromatic carbocycles. The normalized spacial score (nSPS) is 31.9. The Bertz CT molecular complexity index is 213. The summed E-state index contributed by atoms with van der Waals surface area (Å²) in [6, 6.07) is 0.746. The van der Waals surface area contributed by atoms with Gasteiger partial charge in [-0.25, -0.2) is 0 Å². The molecule has 0 bridgehead atoms. The fourth-order valence-corrected chi connectivity index (χ4v) is 3.03. The molecule has 0 amide bonds. The Morgan fingerprint density at radius 3 is 2.75 bits per heavy atom. The van der Waals surface area contributed by atoms with E-state index in [0.29, 0.717) is 6.61 Å². The van der Waals surface area contributed by atoms with Gasteiger partial charge in [-0.3, -0.25) is 0 Å². The molecule has 2 fully saturated rings. The van der Waals surface area contributed by atoms with Gasteiger partial charge in [0.05, 0.1) is 0 Å². The molecule has 2 N–H and O–H groups in total. The molecule has 2 rings (SSSR count). The van der Waals surface area contributed by atoms with Crippen LogP contribution in [-0.4, -0.2) is 24.3 Å². The summed E-state index contributed by atoms with van der Waals surface area (Å²) in [6.07, 6.45) is 10.7. The molecule has 2 saturated carbocycles. The standard InChI is InChI=1S/C14H27NO/c1-2-3-5-12-6-4-7-13(12)15-10-14(11-16)8-9-14/h12-13,15-16H,2-11H2,1H3. The molecule has 16 heavy (non-hydrogen) atoms. The van der Waals surface area contributed by atoms with Gasteiger partial charge >= 0.3 is 0 Å². The van der Waals surface area contributed by atoms with E-state index in [1.807, 2.05) is 0 Å². The van der Waals surface area contributed by atoms with Crippen LogP contribution in [-0.2, 0) is 0 Å². The average molecular weight is 225 g/mol. The Morgan fingerprint density at radius 2 is 2.12 bits per heavy atom. The van der Waals surface area contributed by atoms with Gasteiger partial charge in [-0.05, 0) is 38.0 Å². The lowest BCUT2D eigenvalue weighted by atomic mass is 9.96. The van der Waals surface area contributed by atoms with Crippen molar-refractivity contribution < 1.29 is 5.11 Å². The molecule has 0 aliphatic heterocycles. The highest BCUT2D eigenvalue weighted by Gasteiger charge is 2.42. The predicted molar refractivity (Wildman–Crippen MR) is 67.4 cm³/mol. The number of aliphatic hydroxyl groups excluding tert-OH is 1. The number of aliphatic hydroxyl groups is 1. The van der Waals surface area contributed by atoms with Crippen molar-refractivity contribution in [2.24, 2.45) is 11.3 Å². The Labute approximate surface area is 99.8 Å². The largest absolute Gasteiger partial charge is 0.396 e. The molecule has 2 nitrogen and oxygen atoms in total. The summed E-state index contributed by atoms with van der Waals surface area (Å²) >= 11 is 0. The van der Waals surface area contributed by atoms with E-state index in [0.717, 1.165) is 18.5 Å². The van der Waals surface area contributed by atoms with Crippen LogP contribution in [0.2, 0.25) is 0 Å². The molecule has 2 unspecified atom stereocenters. The number of unbranched alkanes of at least 4 members (excludes halogenated alkanes) is 1. The van der Waals surface area contributed by atoms with Gasteiger partial charge in [0.15, 0.2) is 0 Å². The maximum atomic E-state index is 9.30. The summed E-state index contributed by atoms with van der Waals surface area (Å²) < 4.78 is 0. The van der Waals surface area contributed by atoms with Crippen molar-refractivity contribution >= 4 is 0 Å². The maximum absolute atomic E-state index is 9.30. The third-order valence-electron chi connectivity index (χ3n) is 4.62. The van der Waals surface area contributed by atoms with Gasteiger partial charge in [-0.15, -0.1) is 0 Å². The quantitative estimate of drug-likeness (QED) is 0.698. The van der Waals surface area contributed by atoms with Crippen LogP contribution in [0.4, 0.5) is 0 Å². The SMILES string of the molecule is CCCCC1CCCC1NCC1(CO)CC1. The van der Waals surface area contributed by atoms with Crippen LogP contribution in [0.15, 0.2) is 0 Å². The van der Waals surface area contributed by atoms with Gasteiger partial charge in [0.2, 0.25) is 0 Å². The lowest BCUT2D eigenvalue weighted by Gasteiger charge is -2.23. The van der Waals surface area contributed by atoms with Gasteiger partial charge in [0.25, 0.3) is 0 Å². The number of rotatable bonds is 7. The molecule has 94 valence electrons. The molecular weight excluding hydrogens is 198 g/mol. The molecule has 0 saturated heterocycles. The Hall–Kier alpha value is -0.0800. The van der Waals surface area contributed by atoms with E-state index in [1.165, 1.54) is 51.4 Å². The van der Waals surface area contributed by atoms with Crippen molar-refractivity contribution in [3.8, 4) is 0 Å². The zero-order valence-corrected chi connectivity index (χ0v) is 10.7. The lowest BCUT2D eigenvalue weighted by Crippen LogP contribution is -2.37. The highest BCUT2D eigenvalue weighted by Crippen LogP contribution is 2.44. The molecular formula is C14H27NO. The second-order valence-electron chi connectivity index (χ2n) is 5.98. The predicted octanol–water partition coefficient (Wildman–Crippen LogP) is 2.71. The Morgan fingerprint density at radius 1 is 1.31 bits per heavy atom. The molecule has 0 heterocycles. The fraction of sp³-hybridized carbons (Fsp3) is 1.00. The first-order chi connectivity index (χ1) is 7.79. The van der Waals surface area contributed by atoms with Crippen LogP contribution in [0.3, 0.4) is 0 Å². The molecule has 2 aliphatic carbocycles. The average Bonchev–Trinajstić information content (AvgIpc) is 2.96. The van der Waals surface area contributed by atoms with Gasteiger partial charge < -0.3 is 10.4 Å². The zero-order chi connectivity index (χ0) is 11.4. The van der Waals surface area contributed by atoms with E-state index < -0.39 is 0 Å². The topological polar surface area (TPSA) is 32.3 Å². The summed E-state index contributed by atoms with van der Waals surface area (Å²) in [5, 5.41) is 13.0. The minimum absolute atomic E-state index is 0.276. The number of hydrogen-bond donors (Lipinski definition) is 2. The van der Waals surface area contributed by atoms with Crippen LogP contribution in [0.25, 0.3) is 0 Å². The van der Waals surface area contributed by atoms with E-state index in [9.17, 15) is 5.11 Å². The fourth-order valence-electron chi connectivity index (χ4n) is 3.03. The first-order valence-corrected chi connectivity index (χ1v) is 7.14. The lowest BCUT2D eigenvalue weighted by molar-refractivity contribution is 0.199. The summed E-state index contributed by atoms with van der Waals surface area (Å²) in [5.41, 5.74) is 0.276. The van der Waals surface area contributed by atoms with Crippen molar-refractivity contribution in [3.05, 3.63) is 0 Å². The second-order valence-corrected chi connectivity index (χ2v) is 5.98. The molecule has 2 heteroatoms. The summed E-state index contributed by atoms with van der Waals surface area (Å²) in [5.74, 6) is 0.912. The van der Waals surface area contributed by atoms with Crippen LogP contribution in [0.5, 0.6) is 0 Å². The smallest absolute Gasteiger partial charge is 0.0499 e. The van der Waals surface area contributed by atoms with Crippen molar-refractivity contribution in [2.45, 2.75) is 64.3 Å². The maximum Gasteiger partial charge on any atom is 0.0499 e. The van der Waals surface area contributed by atoms with E-state index in [2.05, 4.69) is 12.2 Å². The van der Waals surface area contributed by atoms with E-state index in [1.54, 1.807) is 0 Å². The highest BCUT2D eigenvalue weighted by atomic mass is 16.3. The summed E-state index contributed by atoms with van der Waals surface area (Å²) in [7, 11) is 0. The van der Waals surface area contributed by atoms with E-state index in [4.69, 9.17) is 0 Å². The third-order valence-corrected chi connectivity index (χ3v) is 4.62. The second kappa shape index (κ2) is 5.50. The van der Waals surface area contributed by atoms with Crippen LogP contribution >= 0.6 is 0 Å². The summed E-state index contributed by atoms with van der Waals surface area (Å²) in [6.45, 7) is 3.71. The minimum Gasteiger partial charge on any atom is -0.396 e. The first kappa shape index (κ1) is 12.4. The molecule has 0 aromatic rings. The minimum atomic E-state index is 0.276. The first-order valence-electron chi connectivity index (χ1n) is 7.14. The molecule has 0 spiro atoms. The molecule has 2 aliphatic rings. The van der Waals surface area contributed by atoms with Crippen molar-refractivity contribution in [3.63, 3.8) is 0 Å². The van der Waals surface area contributed by atoms with Gasteiger partial charge in [0, 0.05) is 24.6 Å². The Kier molecular flexibility index (Phi) is 4.26. The van der Waals surface area contributed by atoms with Crippen LogP contribution in [0, 0.1) is 11.3 Å². The monoisotopic (exact) mass is 225 g/mol. The van der Waals surface area contributed by atoms with Crippen LogP contribution < -0.4 is 5.32 Å². The third kappa shape index (κ3) is 2.98. The molecule has 2 atom stereocenters. The number of nitrogens with one attached hydrogen (secondary N) is 1. The van der Waals surface area contributed by atoms with Crippen molar-refractivity contribution in [1.29, 1.82) is 0 Å². The van der Waals surface area contributed by atoms with Gasteiger partial charge in [-0.2, -0.15) is 0 Å². The summed E-state index contributed by atoms with van der Waals surface area (Å²) in [4.78, 5) is 0. The van der Waals surface area contributed by atoms with Gasteiger partial charge in [-0.1, -0.05) is 26.2 Å². The Balaban J connectivity index is 1.71. The molecule has 0 aromatic heterocycles. The van der Waals surface area contributed by atoms with Crippen molar-refractivity contribution in [1.82, 2.24) is 5.32 Å². The van der Waals surface area contributed by atoms with Crippen molar-refractivity contribution in [2.75, 3.05) is 13.2 Å². The zero-order valence-electron chi connectivity index (χ0n) is 10.7. The van der Waals surface area contributed by atoms with E-state index in [-0.39, 0.29) is 5.41 Å². The number of hydrogen-bond acceptors (Lipinski definition) is 2. The highest BCUT2D eigenvalue weighted by molar-refractivity contribution is 4.96.